The third kappa shape index (κ3) is 7.34. The molecule has 7 heteroatoms. The van der Waals surface area contributed by atoms with E-state index in [-0.39, 0.29) is 11.9 Å². The molecule has 0 radical (unpaired) electrons. The van der Waals surface area contributed by atoms with Crippen LogP contribution in [0.4, 0.5) is 10.5 Å². The minimum atomic E-state index is -0.515. The summed E-state index contributed by atoms with van der Waals surface area (Å²) in [6, 6.07) is 8.13. The predicted octanol–water partition coefficient (Wildman–Crippen LogP) is 3.54. The average molecular weight is 415 g/mol. The van der Waals surface area contributed by atoms with E-state index in [2.05, 4.69) is 16.3 Å². The molecule has 30 heavy (non-hydrogen) atoms. The first kappa shape index (κ1) is 23.7. The largest absolute Gasteiger partial charge is 0.444 e. The first-order valence-corrected chi connectivity index (χ1v) is 10.6. The van der Waals surface area contributed by atoms with Gasteiger partial charge in [-0.05, 0) is 70.7 Å². The van der Waals surface area contributed by atoms with E-state index >= 15 is 0 Å². The lowest BCUT2D eigenvalue weighted by molar-refractivity contribution is -0.120. The average Bonchev–Trinajstić information content (AvgIpc) is 2.65. The lowest BCUT2D eigenvalue weighted by atomic mass is 10.1. The molecule has 1 aliphatic rings. The molecule has 1 aromatic carbocycles. The van der Waals surface area contributed by atoms with Crippen LogP contribution in [0.25, 0.3) is 0 Å². The number of aryl methyl sites for hydroxylation is 2. The second-order valence-electron chi connectivity index (χ2n) is 8.92. The molecule has 0 bridgehead atoms. The number of rotatable bonds is 6. The summed E-state index contributed by atoms with van der Waals surface area (Å²) in [6.45, 7) is 11.7. The van der Waals surface area contributed by atoms with E-state index in [1.807, 2.05) is 52.8 Å². The van der Waals surface area contributed by atoms with Crippen LogP contribution in [-0.4, -0.2) is 54.7 Å². The standard InChI is InChI=1S/C23H34N4O3/c1-17-7-8-20(15-18(17)2)27(12-6-11-24)21(28)16-26-13-9-19(10-14-26)25-22(29)30-23(3,4)5/h7-8,15,19H,6,9-10,12-14,16H2,1-5H3,(H,25,29). The molecule has 1 aromatic rings. The van der Waals surface area contributed by atoms with Crippen LogP contribution in [0.1, 0.15) is 51.2 Å². The highest BCUT2D eigenvalue weighted by Crippen LogP contribution is 2.20. The van der Waals surface area contributed by atoms with Gasteiger partial charge in [0.2, 0.25) is 5.91 Å². The molecule has 0 atom stereocenters. The molecule has 1 fully saturated rings. The summed E-state index contributed by atoms with van der Waals surface area (Å²) in [5.41, 5.74) is 2.61. The summed E-state index contributed by atoms with van der Waals surface area (Å²) >= 11 is 0. The van der Waals surface area contributed by atoms with Crippen molar-refractivity contribution in [3.05, 3.63) is 29.3 Å². The Bertz CT molecular complexity index is 787. The molecular formula is C23H34N4O3. The van der Waals surface area contributed by atoms with Gasteiger partial charge in [0.1, 0.15) is 5.60 Å². The summed E-state index contributed by atoms with van der Waals surface area (Å²) in [5, 5.41) is 11.9. The SMILES string of the molecule is Cc1ccc(N(CCC#N)C(=O)CN2CCC(NC(=O)OC(C)(C)C)CC2)cc1C. The first-order valence-electron chi connectivity index (χ1n) is 10.6. The minimum absolute atomic E-state index is 0.00736. The number of carbonyl (C=O) groups is 2. The van der Waals surface area contributed by atoms with Crippen molar-refractivity contribution in [1.82, 2.24) is 10.2 Å². The monoisotopic (exact) mass is 414 g/mol. The van der Waals surface area contributed by atoms with Gasteiger partial charge in [-0.3, -0.25) is 9.69 Å². The quantitative estimate of drug-likeness (QED) is 0.769. The van der Waals surface area contributed by atoms with Crippen molar-refractivity contribution in [2.24, 2.45) is 0 Å². The zero-order valence-electron chi connectivity index (χ0n) is 18.8. The number of nitrogens with one attached hydrogen (secondary N) is 1. The van der Waals surface area contributed by atoms with Crippen LogP contribution >= 0.6 is 0 Å². The number of amides is 2. The minimum Gasteiger partial charge on any atom is -0.444 e. The Morgan fingerprint density at radius 1 is 1.23 bits per heavy atom. The number of nitriles is 1. The van der Waals surface area contributed by atoms with Gasteiger partial charge in [-0.2, -0.15) is 5.26 Å². The Morgan fingerprint density at radius 3 is 2.47 bits per heavy atom. The van der Waals surface area contributed by atoms with Crippen molar-refractivity contribution < 1.29 is 14.3 Å². The maximum absolute atomic E-state index is 13.0. The Morgan fingerprint density at radius 2 is 1.90 bits per heavy atom. The number of likely N-dealkylation sites (tertiary alicyclic amines) is 1. The number of benzene rings is 1. The van der Waals surface area contributed by atoms with Gasteiger partial charge in [0.25, 0.3) is 0 Å². The zero-order chi connectivity index (χ0) is 22.3. The molecule has 1 saturated heterocycles. The lowest BCUT2D eigenvalue weighted by Crippen LogP contribution is -2.49. The summed E-state index contributed by atoms with van der Waals surface area (Å²) in [6.07, 6.45) is 1.44. The van der Waals surface area contributed by atoms with Gasteiger partial charge < -0.3 is 15.0 Å². The van der Waals surface area contributed by atoms with Crippen molar-refractivity contribution in [2.45, 2.75) is 65.5 Å². The predicted molar refractivity (Wildman–Crippen MR) is 117 cm³/mol. The third-order valence-corrected chi connectivity index (χ3v) is 5.22. The highest BCUT2D eigenvalue weighted by atomic mass is 16.6. The molecule has 2 rings (SSSR count). The summed E-state index contributed by atoms with van der Waals surface area (Å²) in [7, 11) is 0. The molecule has 0 aliphatic carbocycles. The number of hydrogen-bond acceptors (Lipinski definition) is 5. The molecule has 1 heterocycles. The maximum atomic E-state index is 13.0. The normalized spacial score (nSPS) is 15.3. The highest BCUT2D eigenvalue weighted by Gasteiger charge is 2.26. The molecule has 0 unspecified atom stereocenters. The van der Waals surface area contributed by atoms with Gasteiger partial charge in [0.15, 0.2) is 0 Å². The fourth-order valence-electron chi connectivity index (χ4n) is 3.44. The zero-order valence-corrected chi connectivity index (χ0v) is 18.8. The molecule has 1 aliphatic heterocycles. The Balaban J connectivity index is 1.91. The summed E-state index contributed by atoms with van der Waals surface area (Å²) in [4.78, 5) is 28.8. The molecule has 1 N–H and O–H groups in total. The van der Waals surface area contributed by atoms with Gasteiger partial charge in [-0.25, -0.2) is 4.79 Å². The topological polar surface area (TPSA) is 85.7 Å². The smallest absolute Gasteiger partial charge is 0.407 e. The van der Waals surface area contributed by atoms with Crippen LogP contribution in [0.3, 0.4) is 0 Å². The maximum Gasteiger partial charge on any atom is 0.407 e. The molecular weight excluding hydrogens is 380 g/mol. The lowest BCUT2D eigenvalue weighted by Gasteiger charge is -2.33. The molecule has 164 valence electrons. The van der Waals surface area contributed by atoms with Gasteiger partial charge in [0.05, 0.1) is 19.0 Å². The van der Waals surface area contributed by atoms with E-state index in [0.717, 1.165) is 37.2 Å². The second-order valence-corrected chi connectivity index (χ2v) is 8.92. The molecule has 0 spiro atoms. The third-order valence-electron chi connectivity index (χ3n) is 5.22. The van der Waals surface area contributed by atoms with Crippen LogP contribution in [0.5, 0.6) is 0 Å². The fraction of sp³-hybridized carbons (Fsp3) is 0.609. The fourth-order valence-corrected chi connectivity index (χ4v) is 3.44. The first-order chi connectivity index (χ1) is 14.1. The van der Waals surface area contributed by atoms with Crippen molar-refractivity contribution >= 4 is 17.7 Å². The molecule has 0 aromatic heterocycles. The van der Waals surface area contributed by atoms with Crippen molar-refractivity contribution in [2.75, 3.05) is 31.1 Å². The van der Waals surface area contributed by atoms with Crippen molar-refractivity contribution in [3.8, 4) is 6.07 Å². The number of hydrogen-bond donors (Lipinski definition) is 1. The van der Waals surface area contributed by atoms with Gasteiger partial charge in [-0.15, -0.1) is 0 Å². The van der Waals surface area contributed by atoms with Crippen LogP contribution in [0, 0.1) is 25.2 Å². The van der Waals surface area contributed by atoms with E-state index in [4.69, 9.17) is 10.00 Å². The Labute approximate surface area is 180 Å². The van der Waals surface area contributed by atoms with E-state index in [9.17, 15) is 9.59 Å². The second kappa shape index (κ2) is 10.4. The van der Waals surface area contributed by atoms with E-state index < -0.39 is 11.7 Å². The van der Waals surface area contributed by atoms with Crippen molar-refractivity contribution in [1.29, 1.82) is 5.26 Å². The number of nitrogens with zero attached hydrogens (tertiary/aromatic N) is 3. The Kier molecular flexibility index (Phi) is 8.24. The van der Waals surface area contributed by atoms with Gasteiger partial charge in [-0.1, -0.05) is 6.07 Å². The van der Waals surface area contributed by atoms with Gasteiger partial charge in [0, 0.05) is 31.4 Å². The number of ether oxygens (including phenoxy) is 1. The van der Waals surface area contributed by atoms with Crippen LogP contribution in [0.2, 0.25) is 0 Å². The van der Waals surface area contributed by atoms with E-state index in [0.29, 0.717) is 19.5 Å². The number of alkyl carbamates (subject to hydrolysis) is 1. The van der Waals surface area contributed by atoms with E-state index in [1.165, 1.54) is 5.56 Å². The number of carbonyl (C=O) groups excluding carboxylic acids is 2. The van der Waals surface area contributed by atoms with Crippen molar-refractivity contribution in [3.63, 3.8) is 0 Å². The number of piperidine rings is 1. The van der Waals surface area contributed by atoms with Crippen LogP contribution in [-0.2, 0) is 9.53 Å². The number of anilines is 1. The van der Waals surface area contributed by atoms with Gasteiger partial charge >= 0.3 is 6.09 Å². The van der Waals surface area contributed by atoms with E-state index in [1.54, 1.807) is 4.90 Å². The molecule has 7 nitrogen and oxygen atoms in total. The molecule has 2 amide bonds. The summed E-state index contributed by atoms with van der Waals surface area (Å²) < 4.78 is 5.32. The van der Waals surface area contributed by atoms with Crippen LogP contribution in [0.15, 0.2) is 18.2 Å². The molecule has 0 saturated carbocycles. The summed E-state index contributed by atoms with van der Waals surface area (Å²) in [5.74, 6) is -0.00736. The highest BCUT2D eigenvalue weighted by molar-refractivity contribution is 5.95. The Hall–Kier alpha value is -2.59. The van der Waals surface area contributed by atoms with Crippen LogP contribution < -0.4 is 10.2 Å².